The summed E-state index contributed by atoms with van der Waals surface area (Å²) >= 11 is 0. The van der Waals surface area contributed by atoms with E-state index in [0.717, 1.165) is 13.0 Å². The van der Waals surface area contributed by atoms with E-state index >= 15 is 0 Å². The number of hydrogen-bond donors (Lipinski definition) is 2. The fourth-order valence-corrected chi connectivity index (χ4v) is 1.64. The van der Waals surface area contributed by atoms with Crippen molar-refractivity contribution in [3.8, 4) is 5.75 Å². The van der Waals surface area contributed by atoms with Crippen LogP contribution in [0.4, 0.5) is 5.69 Å². The quantitative estimate of drug-likeness (QED) is 0.426. The van der Waals surface area contributed by atoms with Gasteiger partial charge in [0.2, 0.25) is 0 Å². The first-order valence-corrected chi connectivity index (χ1v) is 6.41. The van der Waals surface area contributed by atoms with Crippen molar-refractivity contribution in [3.05, 3.63) is 33.9 Å². The minimum Gasteiger partial charge on any atom is -0.497 e. The average molecular weight is 281 g/mol. The molecule has 110 valence electrons. The van der Waals surface area contributed by atoms with Gasteiger partial charge in [0.25, 0.3) is 11.6 Å². The number of carbonyl (C=O) groups is 1. The number of hydrogen-bond acceptors (Lipinski definition) is 5. The molecule has 20 heavy (non-hydrogen) atoms. The van der Waals surface area contributed by atoms with Crippen LogP contribution in [0.3, 0.4) is 0 Å². The molecule has 7 nitrogen and oxygen atoms in total. The number of nitro benzene ring substituents is 1. The lowest BCUT2D eigenvalue weighted by Gasteiger charge is -2.08. The number of benzene rings is 1. The van der Waals surface area contributed by atoms with Gasteiger partial charge in [-0.25, -0.2) is 0 Å². The van der Waals surface area contributed by atoms with E-state index in [9.17, 15) is 14.9 Å². The highest BCUT2D eigenvalue weighted by molar-refractivity contribution is 5.98. The normalized spacial score (nSPS) is 10.1. The van der Waals surface area contributed by atoms with E-state index in [4.69, 9.17) is 4.74 Å². The SMILES string of the molecule is CCCNCCNC(=O)c1cc(OC)ccc1[N+](=O)[O-]. The summed E-state index contributed by atoms with van der Waals surface area (Å²) in [7, 11) is 1.44. The number of carbonyl (C=O) groups excluding carboxylic acids is 1. The first kappa shape index (κ1) is 15.9. The third-order valence-electron chi connectivity index (χ3n) is 2.66. The predicted molar refractivity (Wildman–Crippen MR) is 75.1 cm³/mol. The molecule has 0 atom stereocenters. The van der Waals surface area contributed by atoms with Crippen LogP contribution in [0.2, 0.25) is 0 Å². The van der Waals surface area contributed by atoms with E-state index in [1.54, 1.807) is 0 Å². The van der Waals surface area contributed by atoms with Gasteiger partial charge in [-0.2, -0.15) is 0 Å². The van der Waals surface area contributed by atoms with Gasteiger partial charge >= 0.3 is 0 Å². The Kier molecular flexibility index (Phi) is 6.45. The molecule has 0 unspecified atom stereocenters. The topological polar surface area (TPSA) is 93.5 Å². The monoisotopic (exact) mass is 281 g/mol. The van der Waals surface area contributed by atoms with Crippen LogP contribution in [0.5, 0.6) is 5.75 Å². The minimum absolute atomic E-state index is 0.00448. The Morgan fingerprint density at radius 2 is 2.10 bits per heavy atom. The zero-order valence-electron chi connectivity index (χ0n) is 11.6. The van der Waals surface area contributed by atoms with E-state index < -0.39 is 10.8 Å². The lowest BCUT2D eigenvalue weighted by Crippen LogP contribution is -2.32. The van der Waals surface area contributed by atoms with Crippen molar-refractivity contribution in [1.82, 2.24) is 10.6 Å². The molecule has 1 amide bonds. The molecule has 0 fully saturated rings. The van der Waals surface area contributed by atoms with Crippen molar-refractivity contribution in [2.45, 2.75) is 13.3 Å². The van der Waals surface area contributed by atoms with E-state index in [0.29, 0.717) is 18.8 Å². The van der Waals surface area contributed by atoms with Crippen molar-refractivity contribution < 1.29 is 14.5 Å². The van der Waals surface area contributed by atoms with E-state index in [1.165, 1.54) is 25.3 Å². The van der Waals surface area contributed by atoms with Crippen LogP contribution >= 0.6 is 0 Å². The molecule has 1 aromatic rings. The van der Waals surface area contributed by atoms with E-state index in [1.807, 2.05) is 6.92 Å². The zero-order chi connectivity index (χ0) is 15.0. The smallest absolute Gasteiger partial charge is 0.282 e. The number of amides is 1. The largest absolute Gasteiger partial charge is 0.497 e. The fourth-order valence-electron chi connectivity index (χ4n) is 1.64. The molecule has 0 aliphatic carbocycles. The van der Waals surface area contributed by atoms with Gasteiger partial charge in [0.05, 0.1) is 12.0 Å². The summed E-state index contributed by atoms with van der Waals surface area (Å²) < 4.78 is 4.98. The second-order valence-corrected chi connectivity index (χ2v) is 4.15. The van der Waals surface area contributed by atoms with Crippen LogP contribution < -0.4 is 15.4 Å². The Morgan fingerprint density at radius 3 is 2.70 bits per heavy atom. The molecule has 0 aromatic heterocycles. The number of ether oxygens (including phenoxy) is 1. The summed E-state index contributed by atoms with van der Waals surface area (Å²) in [6, 6.07) is 4.09. The van der Waals surface area contributed by atoms with Gasteiger partial charge in [0.1, 0.15) is 11.3 Å². The molecular formula is C13H19N3O4. The maximum absolute atomic E-state index is 12.0. The van der Waals surface area contributed by atoms with Crippen molar-refractivity contribution in [1.29, 1.82) is 0 Å². The summed E-state index contributed by atoms with van der Waals surface area (Å²) in [6.07, 6.45) is 1.01. The maximum Gasteiger partial charge on any atom is 0.282 e. The van der Waals surface area contributed by atoms with Gasteiger partial charge in [0.15, 0.2) is 0 Å². The minimum atomic E-state index is -0.580. The highest BCUT2D eigenvalue weighted by Gasteiger charge is 2.20. The van der Waals surface area contributed by atoms with E-state index in [-0.39, 0.29) is 11.3 Å². The summed E-state index contributed by atoms with van der Waals surface area (Å²) in [5, 5.41) is 16.7. The number of nitrogens with zero attached hydrogens (tertiary/aromatic N) is 1. The molecule has 0 aliphatic heterocycles. The number of nitro groups is 1. The number of nitrogens with one attached hydrogen (secondary N) is 2. The Hall–Kier alpha value is -2.15. The summed E-state index contributed by atoms with van der Waals surface area (Å²) in [6.45, 7) is 3.95. The summed E-state index contributed by atoms with van der Waals surface area (Å²) in [5.41, 5.74) is -0.227. The van der Waals surface area contributed by atoms with Crippen LogP contribution in [-0.4, -0.2) is 37.6 Å². The highest BCUT2D eigenvalue weighted by atomic mass is 16.6. The second-order valence-electron chi connectivity index (χ2n) is 4.15. The molecule has 0 bridgehead atoms. The molecule has 0 saturated heterocycles. The second kappa shape index (κ2) is 8.11. The lowest BCUT2D eigenvalue weighted by atomic mass is 10.1. The zero-order valence-corrected chi connectivity index (χ0v) is 11.6. The van der Waals surface area contributed by atoms with Crippen LogP contribution in [0.1, 0.15) is 23.7 Å². The van der Waals surface area contributed by atoms with Gasteiger partial charge < -0.3 is 15.4 Å². The third-order valence-corrected chi connectivity index (χ3v) is 2.66. The van der Waals surface area contributed by atoms with E-state index in [2.05, 4.69) is 10.6 Å². The van der Waals surface area contributed by atoms with Crippen LogP contribution in [0.25, 0.3) is 0 Å². The molecule has 0 saturated carbocycles. The standard InChI is InChI=1S/C13H19N3O4/c1-3-6-14-7-8-15-13(17)11-9-10(20-2)4-5-12(11)16(18)19/h4-5,9,14H,3,6-8H2,1-2H3,(H,15,17). The molecule has 2 N–H and O–H groups in total. The van der Waals surface area contributed by atoms with Crippen LogP contribution in [0.15, 0.2) is 18.2 Å². The molecule has 0 aliphatic rings. The van der Waals surface area contributed by atoms with Gasteiger partial charge in [-0.3, -0.25) is 14.9 Å². The number of rotatable bonds is 8. The molecule has 0 heterocycles. The van der Waals surface area contributed by atoms with Crippen LogP contribution in [-0.2, 0) is 0 Å². The first-order valence-electron chi connectivity index (χ1n) is 6.41. The number of methoxy groups -OCH3 is 1. The Balaban J connectivity index is 2.72. The van der Waals surface area contributed by atoms with Crippen molar-refractivity contribution >= 4 is 11.6 Å². The molecule has 7 heteroatoms. The fraction of sp³-hybridized carbons (Fsp3) is 0.462. The molecular weight excluding hydrogens is 262 g/mol. The Labute approximate surface area is 117 Å². The Morgan fingerprint density at radius 1 is 1.35 bits per heavy atom. The first-order chi connectivity index (χ1) is 9.60. The lowest BCUT2D eigenvalue weighted by molar-refractivity contribution is -0.385. The molecule has 0 spiro atoms. The highest BCUT2D eigenvalue weighted by Crippen LogP contribution is 2.23. The molecule has 1 rings (SSSR count). The summed E-state index contributed by atoms with van der Waals surface area (Å²) in [5.74, 6) is -0.0706. The maximum atomic E-state index is 12.0. The van der Waals surface area contributed by atoms with Gasteiger partial charge in [-0.1, -0.05) is 6.92 Å². The molecule has 0 radical (unpaired) electrons. The molecule has 1 aromatic carbocycles. The van der Waals surface area contributed by atoms with Gasteiger partial charge in [-0.15, -0.1) is 0 Å². The van der Waals surface area contributed by atoms with Crippen LogP contribution in [0, 0.1) is 10.1 Å². The van der Waals surface area contributed by atoms with Crippen molar-refractivity contribution in [2.75, 3.05) is 26.7 Å². The van der Waals surface area contributed by atoms with Crippen molar-refractivity contribution in [2.24, 2.45) is 0 Å². The third kappa shape index (κ3) is 4.51. The van der Waals surface area contributed by atoms with Gasteiger partial charge in [-0.05, 0) is 25.1 Å². The predicted octanol–water partition coefficient (Wildman–Crippen LogP) is 1.33. The Bertz CT molecular complexity index is 477. The van der Waals surface area contributed by atoms with Crippen molar-refractivity contribution in [3.63, 3.8) is 0 Å². The average Bonchev–Trinajstić information content (AvgIpc) is 2.46. The summed E-state index contributed by atoms with van der Waals surface area (Å²) in [4.78, 5) is 22.3. The van der Waals surface area contributed by atoms with Gasteiger partial charge in [0, 0.05) is 19.2 Å².